The molecule has 0 aliphatic heterocycles. The predicted octanol–water partition coefficient (Wildman–Crippen LogP) is 3.32. The Kier molecular flexibility index (Phi) is 5.40. The van der Waals surface area contributed by atoms with Crippen LogP contribution in [0.3, 0.4) is 0 Å². The minimum absolute atomic E-state index is 0.219. The number of ether oxygens (including phenoxy) is 2. The number of rotatable bonds is 6. The second-order valence-electron chi connectivity index (χ2n) is 3.46. The molecule has 0 saturated heterocycles. The summed E-state index contributed by atoms with van der Waals surface area (Å²) in [5.74, 6) is 0.528. The molecular formula is C13H17FO2. The number of halogens is 1. The fourth-order valence-corrected chi connectivity index (χ4v) is 1.52. The molecule has 0 heterocycles. The first kappa shape index (κ1) is 12.6. The van der Waals surface area contributed by atoms with Gasteiger partial charge in [-0.2, -0.15) is 0 Å². The van der Waals surface area contributed by atoms with Gasteiger partial charge < -0.3 is 9.47 Å². The van der Waals surface area contributed by atoms with Crippen molar-refractivity contribution in [1.29, 1.82) is 0 Å². The number of aryl methyl sites for hydroxylation is 1. The van der Waals surface area contributed by atoms with Crippen LogP contribution in [0.15, 0.2) is 30.5 Å². The largest absolute Gasteiger partial charge is 0.505 e. The van der Waals surface area contributed by atoms with E-state index in [1.54, 1.807) is 26.5 Å². The fraction of sp³-hybridized carbons (Fsp3) is 0.385. The molecular weight excluding hydrogens is 207 g/mol. The van der Waals surface area contributed by atoms with Crippen LogP contribution in [0.25, 0.3) is 0 Å². The van der Waals surface area contributed by atoms with Gasteiger partial charge in [-0.25, -0.2) is 4.39 Å². The third-order valence-electron chi connectivity index (χ3n) is 2.29. The Hall–Kier alpha value is -1.51. The molecule has 0 aliphatic rings. The molecule has 1 aromatic rings. The van der Waals surface area contributed by atoms with Crippen molar-refractivity contribution in [3.05, 3.63) is 41.9 Å². The highest BCUT2D eigenvalue weighted by Gasteiger charge is 2.03. The zero-order valence-electron chi connectivity index (χ0n) is 9.70. The van der Waals surface area contributed by atoms with Crippen LogP contribution < -0.4 is 4.74 Å². The molecule has 0 spiro atoms. The smallest absolute Gasteiger partial charge is 0.123 e. The van der Waals surface area contributed by atoms with E-state index >= 15 is 0 Å². The van der Waals surface area contributed by atoms with Gasteiger partial charge in [-0.1, -0.05) is 0 Å². The summed E-state index contributed by atoms with van der Waals surface area (Å²) in [6.45, 7) is 0. The summed E-state index contributed by atoms with van der Waals surface area (Å²) in [4.78, 5) is 0. The number of methoxy groups -OCH3 is 2. The van der Waals surface area contributed by atoms with Gasteiger partial charge in [0.15, 0.2) is 0 Å². The van der Waals surface area contributed by atoms with E-state index in [1.807, 2.05) is 6.08 Å². The van der Waals surface area contributed by atoms with Crippen molar-refractivity contribution in [3.8, 4) is 5.75 Å². The maximum Gasteiger partial charge on any atom is 0.123 e. The van der Waals surface area contributed by atoms with E-state index in [0.29, 0.717) is 0 Å². The van der Waals surface area contributed by atoms with Crippen LogP contribution in [0.4, 0.5) is 4.39 Å². The Morgan fingerprint density at radius 2 is 2.12 bits per heavy atom. The summed E-state index contributed by atoms with van der Waals surface area (Å²) in [7, 11) is 3.22. The number of hydrogen-bond acceptors (Lipinski definition) is 2. The Morgan fingerprint density at radius 3 is 2.81 bits per heavy atom. The SMILES string of the molecule is COC=CCCCc1cc(F)ccc1OC. The second kappa shape index (κ2) is 6.88. The van der Waals surface area contributed by atoms with E-state index in [4.69, 9.17) is 9.47 Å². The molecule has 2 nitrogen and oxygen atoms in total. The predicted molar refractivity (Wildman–Crippen MR) is 62.0 cm³/mol. The van der Waals surface area contributed by atoms with Crippen molar-refractivity contribution in [3.63, 3.8) is 0 Å². The third-order valence-corrected chi connectivity index (χ3v) is 2.29. The molecule has 0 atom stereocenters. The van der Waals surface area contributed by atoms with Gasteiger partial charge in [0.2, 0.25) is 0 Å². The number of allylic oxidation sites excluding steroid dienone is 1. The average Bonchev–Trinajstić information content (AvgIpc) is 2.29. The second-order valence-corrected chi connectivity index (χ2v) is 3.46. The minimum Gasteiger partial charge on any atom is -0.505 e. The monoisotopic (exact) mass is 224 g/mol. The summed E-state index contributed by atoms with van der Waals surface area (Å²) >= 11 is 0. The quantitative estimate of drug-likeness (QED) is 0.545. The molecule has 0 fully saturated rings. The van der Waals surface area contributed by atoms with Crippen LogP contribution in [0.5, 0.6) is 5.75 Å². The first-order valence-corrected chi connectivity index (χ1v) is 5.28. The number of benzene rings is 1. The minimum atomic E-state index is -0.219. The van der Waals surface area contributed by atoms with Gasteiger partial charge in [-0.05, 0) is 49.1 Å². The summed E-state index contributed by atoms with van der Waals surface area (Å²) in [6.07, 6.45) is 6.26. The third kappa shape index (κ3) is 3.93. The average molecular weight is 224 g/mol. The molecule has 0 N–H and O–H groups in total. The van der Waals surface area contributed by atoms with Crippen molar-refractivity contribution in [2.45, 2.75) is 19.3 Å². The van der Waals surface area contributed by atoms with Gasteiger partial charge in [0.25, 0.3) is 0 Å². The molecule has 0 radical (unpaired) electrons. The lowest BCUT2D eigenvalue weighted by atomic mass is 10.1. The van der Waals surface area contributed by atoms with Crippen LogP contribution in [-0.2, 0) is 11.2 Å². The van der Waals surface area contributed by atoms with Gasteiger partial charge >= 0.3 is 0 Å². The number of unbranched alkanes of at least 4 members (excludes halogenated alkanes) is 1. The molecule has 0 aromatic heterocycles. The van der Waals surface area contributed by atoms with E-state index in [-0.39, 0.29) is 5.82 Å². The summed E-state index contributed by atoms with van der Waals surface area (Å²) in [6, 6.07) is 4.60. The summed E-state index contributed by atoms with van der Waals surface area (Å²) in [5, 5.41) is 0. The molecule has 0 amide bonds. The van der Waals surface area contributed by atoms with Crippen LogP contribution in [0, 0.1) is 5.82 Å². The first-order chi connectivity index (χ1) is 7.77. The van der Waals surface area contributed by atoms with Crippen LogP contribution in [-0.4, -0.2) is 14.2 Å². The maximum atomic E-state index is 13.0. The lowest BCUT2D eigenvalue weighted by Crippen LogP contribution is -1.93. The molecule has 0 saturated carbocycles. The van der Waals surface area contributed by atoms with Gasteiger partial charge in [0, 0.05) is 0 Å². The van der Waals surface area contributed by atoms with Crippen molar-refractivity contribution >= 4 is 0 Å². The Labute approximate surface area is 95.7 Å². The van der Waals surface area contributed by atoms with E-state index in [0.717, 1.165) is 30.6 Å². The lowest BCUT2D eigenvalue weighted by molar-refractivity contribution is 0.336. The molecule has 0 bridgehead atoms. The van der Waals surface area contributed by atoms with Gasteiger partial charge in [0.1, 0.15) is 11.6 Å². The molecule has 88 valence electrons. The number of hydrogen-bond donors (Lipinski definition) is 0. The zero-order chi connectivity index (χ0) is 11.8. The van der Waals surface area contributed by atoms with Crippen molar-refractivity contribution in [2.24, 2.45) is 0 Å². The van der Waals surface area contributed by atoms with E-state index < -0.39 is 0 Å². The van der Waals surface area contributed by atoms with Crippen LogP contribution in [0.2, 0.25) is 0 Å². The molecule has 0 unspecified atom stereocenters. The van der Waals surface area contributed by atoms with E-state index in [1.165, 1.54) is 12.1 Å². The van der Waals surface area contributed by atoms with E-state index in [2.05, 4.69) is 0 Å². The Bertz CT molecular complexity index is 348. The normalized spacial score (nSPS) is 10.7. The zero-order valence-corrected chi connectivity index (χ0v) is 9.70. The van der Waals surface area contributed by atoms with Crippen molar-refractivity contribution in [2.75, 3.05) is 14.2 Å². The first-order valence-electron chi connectivity index (χ1n) is 5.28. The Morgan fingerprint density at radius 1 is 1.31 bits per heavy atom. The van der Waals surface area contributed by atoms with Crippen LogP contribution >= 0.6 is 0 Å². The summed E-state index contributed by atoms with van der Waals surface area (Å²) in [5.41, 5.74) is 0.910. The fourth-order valence-electron chi connectivity index (χ4n) is 1.52. The van der Waals surface area contributed by atoms with E-state index in [9.17, 15) is 4.39 Å². The van der Waals surface area contributed by atoms with Gasteiger partial charge in [-0.15, -0.1) is 0 Å². The maximum absolute atomic E-state index is 13.0. The van der Waals surface area contributed by atoms with Crippen molar-refractivity contribution in [1.82, 2.24) is 0 Å². The highest BCUT2D eigenvalue weighted by molar-refractivity contribution is 5.33. The van der Waals surface area contributed by atoms with Crippen LogP contribution in [0.1, 0.15) is 18.4 Å². The standard InChI is InChI=1S/C13H17FO2/c1-15-9-5-3-4-6-11-10-12(14)7-8-13(11)16-2/h5,7-10H,3-4,6H2,1-2H3. The molecule has 0 aliphatic carbocycles. The molecule has 16 heavy (non-hydrogen) atoms. The highest BCUT2D eigenvalue weighted by atomic mass is 19.1. The topological polar surface area (TPSA) is 18.5 Å². The van der Waals surface area contributed by atoms with Gasteiger partial charge in [-0.3, -0.25) is 0 Å². The molecule has 3 heteroatoms. The molecule has 1 aromatic carbocycles. The highest BCUT2D eigenvalue weighted by Crippen LogP contribution is 2.21. The Balaban J connectivity index is 2.51. The lowest BCUT2D eigenvalue weighted by Gasteiger charge is -2.07. The summed E-state index contributed by atoms with van der Waals surface area (Å²) < 4.78 is 23.0. The van der Waals surface area contributed by atoms with Gasteiger partial charge in [0.05, 0.1) is 20.5 Å². The molecule has 1 rings (SSSR count). The van der Waals surface area contributed by atoms with Crippen molar-refractivity contribution < 1.29 is 13.9 Å².